The highest BCUT2D eigenvalue weighted by molar-refractivity contribution is 6.07. The summed E-state index contributed by atoms with van der Waals surface area (Å²) in [5.74, 6) is -0.745. The number of nitrogens with zero attached hydrogens (tertiary/aromatic N) is 1. The largest absolute Gasteiger partial charge is 0.419 e. The molecule has 0 unspecified atom stereocenters. The summed E-state index contributed by atoms with van der Waals surface area (Å²) in [6.07, 6.45) is 0.671. The predicted octanol–water partition coefficient (Wildman–Crippen LogP) is 6.42. The fraction of sp³-hybridized carbons (Fsp3) is 0.100. The number of aliphatic imine (C=N–C) groups is 1. The maximum absolute atomic E-state index is 12.9. The second kappa shape index (κ2) is 9.39. The normalized spacial score (nSPS) is 12.0. The highest BCUT2D eigenvalue weighted by atomic mass is 16.6. The lowest BCUT2D eigenvalue weighted by atomic mass is 10.0. The van der Waals surface area contributed by atoms with Gasteiger partial charge in [0.15, 0.2) is 11.5 Å². The van der Waals surface area contributed by atoms with Crippen molar-refractivity contribution < 1.29 is 19.1 Å². The number of fused-ring (bicyclic) bond motifs is 1. The van der Waals surface area contributed by atoms with E-state index >= 15 is 0 Å². The van der Waals surface area contributed by atoms with Crippen LogP contribution >= 0.6 is 0 Å². The van der Waals surface area contributed by atoms with Gasteiger partial charge in [-0.05, 0) is 67.9 Å². The Morgan fingerprint density at radius 1 is 0.686 bits per heavy atom. The van der Waals surface area contributed by atoms with Gasteiger partial charge in [-0.25, -0.2) is 9.59 Å². The summed E-state index contributed by atoms with van der Waals surface area (Å²) in [6.45, 7) is 3.89. The Hall–Kier alpha value is -4.51. The molecule has 1 aliphatic rings. The molecule has 5 rings (SSSR count). The van der Waals surface area contributed by atoms with Crippen LogP contribution in [-0.2, 0) is 6.42 Å². The molecule has 0 spiro atoms. The number of para-hydroxylation sites is 1. The number of carbonyl (C=O) groups excluding carboxylic acids is 2. The van der Waals surface area contributed by atoms with Gasteiger partial charge in [-0.3, -0.25) is 4.99 Å². The number of carbonyl (C=O) groups is 2. The molecule has 0 saturated carbocycles. The molecular formula is C30H23NO4. The van der Waals surface area contributed by atoms with Gasteiger partial charge in [0.05, 0.1) is 22.5 Å². The van der Waals surface area contributed by atoms with E-state index < -0.39 is 11.9 Å². The maximum atomic E-state index is 12.9. The summed E-state index contributed by atoms with van der Waals surface area (Å²) < 4.78 is 11.4. The quantitative estimate of drug-likeness (QED) is 0.254. The second-order valence-corrected chi connectivity index (χ2v) is 8.54. The minimum Gasteiger partial charge on any atom is -0.419 e. The molecule has 0 atom stereocenters. The van der Waals surface area contributed by atoms with Gasteiger partial charge in [0.25, 0.3) is 0 Å². The third-order valence-electron chi connectivity index (χ3n) is 5.86. The molecule has 5 nitrogen and oxygen atoms in total. The van der Waals surface area contributed by atoms with E-state index in [0.717, 1.165) is 33.7 Å². The van der Waals surface area contributed by atoms with Crippen molar-refractivity contribution in [2.24, 2.45) is 4.99 Å². The third-order valence-corrected chi connectivity index (χ3v) is 5.86. The zero-order valence-electron chi connectivity index (χ0n) is 19.4. The van der Waals surface area contributed by atoms with Gasteiger partial charge in [0.1, 0.15) is 0 Å². The molecule has 0 fully saturated rings. The Labute approximate surface area is 203 Å². The summed E-state index contributed by atoms with van der Waals surface area (Å²) in [6, 6.07) is 27.3. The van der Waals surface area contributed by atoms with Gasteiger partial charge in [-0.2, -0.15) is 0 Å². The van der Waals surface area contributed by atoms with Crippen LogP contribution in [0, 0.1) is 13.8 Å². The minimum absolute atomic E-state index is 0.159. The van der Waals surface area contributed by atoms with Crippen LogP contribution in [0.1, 0.15) is 43.0 Å². The fourth-order valence-electron chi connectivity index (χ4n) is 3.85. The number of ether oxygens (including phenoxy) is 2. The first-order valence-corrected chi connectivity index (χ1v) is 11.3. The Morgan fingerprint density at radius 2 is 1.26 bits per heavy atom. The predicted molar refractivity (Wildman–Crippen MR) is 135 cm³/mol. The summed E-state index contributed by atoms with van der Waals surface area (Å²) in [5, 5.41) is 0. The van der Waals surface area contributed by atoms with Crippen LogP contribution in [0.15, 0.2) is 96.0 Å². The lowest BCUT2D eigenvalue weighted by Crippen LogP contribution is -2.13. The first-order chi connectivity index (χ1) is 17.0. The van der Waals surface area contributed by atoms with Gasteiger partial charge < -0.3 is 9.47 Å². The van der Waals surface area contributed by atoms with E-state index in [1.54, 1.807) is 36.4 Å². The molecule has 1 heterocycles. The molecule has 4 aromatic rings. The molecule has 0 aliphatic carbocycles. The second-order valence-electron chi connectivity index (χ2n) is 8.54. The molecule has 0 bridgehead atoms. The van der Waals surface area contributed by atoms with Crippen LogP contribution in [0.25, 0.3) is 0 Å². The van der Waals surface area contributed by atoms with Crippen molar-refractivity contribution in [3.05, 3.63) is 124 Å². The molecule has 0 radical (unpaired) electrons. The van der Waals surface area contributed by atoms with Gasteiger partial charge >= 0.3 is 11.9 Å². The van der Waals surface area contributed by atoms with Crippen LogP contribution < -0.4 is 9.47 Å². The molecule has 0 amide bonds. The van der Waals surface area contributed by atoms with Crippen molar-refractivity contribution in [1.82, 2.24) is 0 Å². The Balaban J connectivity index is 1.47. The first kappa shape index (κ1) is 22.3. The number of hydrogen-bond acceptors (Lipinski definition) is 5. The summed E-state index contributed by atoms with van der Waals surface area (Å²) in [4.78, 5) is 30.4. The SMILES string of the molecule is Cc1ccc(C(=O)Oc2ccc(C3=Nc4ccccc4C3)cc2OC(=O)c2ccc(C)cc2)cc1. The van der Waals surface area contributed by atoms with Crippen LogP contribution in [-0.4, -0.2) is 17.7 Å². The van der Waals surface area contributed by atoms with E-state index in [4.69, 9.17) is 14.5 Å². The zero-order valence-corrected chi connectivity index (χ0v) is 19.4. The molecule has 35 heavy (non-hydrogen) atoms. The summed E-state index contributed by atoms with van der Waals surface area (Å²) >= 11 is 0. The van der Waals surface area contributed by atoms with E-state index in [-0.39, 0.29) is 11.5 Å². The van der Waals surface area contributed by atoms with Crippen LogP contribution in [0.5, 0.6) is 11.5 Å². The Morgan fingerprint density at radius 3 is 1.86 bits per heavy atom. The number of hydrogen-bond donors (Lipinski definition) is 0. The number of esters is 2. The highest BCUT2D eigenvalue weighted by Gasteiger charge is 2.21. The Kier molecular flexibility index (Phi) is 5.98. The topological polar surface area (TPSA) is 65.0 Å². The summed E-state index contributed by atoms with van der Waals surface area (Å²) in [7, 11) is 0. The first-order valence-electron chi connectivity index (χ1n) is 11.3. The van der Waals surface area contributed by atoms with E-state index in [0.29, 0.717) is 17.5 Å². The molecule has 172 valence electrons. The van der Waals surface area contributed by atoms with Crippen molar-refractivity contribution in [3.8, 4) is 11.5 Å². The van der Waals surface area contributed by atoms with Crippen molar-refractivity contribution in [2.45, 2.75) is 20.3 Å². The molecule has 4 aromatic carbocycles. The zero-order chi connectivity index (χ0) is 24.4. The van der Waals surface area contributed by atoms with Crippen molar-refractivity contribution in [3.63, 3.8) is 0 Å². The van der Waals surface area contributed by atoms with Crippen molar-refractivity contribution >= 4 is 23.3 Å². The van der Waals surface area contributed by atoms with Crippen molar-refractivity contribution in [1.29, 1.82) is 0 Å². The monoisotopic (exact) mass is 461 g/mol. The van der Waals surface area contributed by atoms with E-state index in [2.05, 4.69) is 0 Å². The highest BCUT2D eigenvalue weighted by Crippen LogP contribution is 2.34. The molecule has 0 saturated heterocycles. The molecule has 5 heteroatoms. The molecule has 1 aliphatic heterocycles. The maximum Gasteiger partial charge on any atom is 0.343 e. The average Bonchev–Trinajstić information content (AvgIpc) is 3.30. The lowest BCUT2D eigenvalue weighted by molar-refractivity contribution is 0.0682. The average molecular weight is 462 g/mol. The summed E-state index contributed by atoms with van der Waals surface area (Å²) in [5.41, 5.74) is 6.60. The van der Waals surface area contributed by atoms with Crippen molar-refractivity contribution in [2.75, 3.05) is 0 Å². The van der Waals surface area contributed by atoms with Gasteiger partial charge in [-0.1, -0.05) is 53.6 Å². The smallest absolute Gasteiger partial charge is 0.343 e. The number of aryl methyl sites for hydroxylation is 2. The van der Waals surface area contributed by atoms with Crippen LogP contribution in [0.2, 0.25) is 0 Å². The van der Waals surface area contributed by atoms with E-state index in [1.165, 1.54) is 0 Å². The molecule has 0 N–H and O–H groups in total. The molecular weight excluding hydrogens is 438 g/mol. The van der Waals surface area contributed by atoms with E-state index in [9.17, 15) is 9.59 Å². The molecule has 0 aromatic heterocycles. The minimum atomic E-state index is -0.536. The van der Waals surface area contributed by atoms with E-state index in [1.807, 2.05) is 68.4 Å². The van der Waals surface area contributed by atoms with Crippen LogP contribution in [0.3, 0.4) is 0 Å². The standard InChI is InChI=1S/C30H23NO4/c1-19-7-11-21(12-8-19)29(32)34-27-16-15-24(26-17-23-5-3-4-6-25(23)31-26)18-28(27)35-30(33)22-13-9-20(2)10-14-22/h3-16,18H,17H2,1-2H3. The van der Waals surface area contributed by atoms with Gasteiger partial charge in [0.2, 0.25) is 0 Å². The third kappa shape index (κ3) is 4.89. The van der Waals surface area contributed by atoms with Crippen LogP contribution in [0.4, 0.5) is 5.69 Å². The number of benzene rings is 4. The van der Waals surface area contributed by atoms with Gasteiger partial charge in [-0.15, -0.1) is 0 Å². The lowest BCUT2D eigenvalue weighted by Gasteiger charge is -2.13. The number of rotatable bonds is 5. The Bertz CT molecular complexity index is 1450. The fourth-order valence-corrected chi connectivity index (χ4v) is 3.85. The van der Waals surface area contributed by atoms with Gasteiger partial charge in [0, 0.05) is 12.0 Å².